The minimum atomic E-state index is -4.40. The molecule has 20 heavy (non-hydrogen) atoms. The second-order valence-corrected chi connectivity index (χ2v) is 4.71. The van der Waals surface area contributed by atoms with Gasteiger partial charge in [0.05, 0.1) is 18.2 Å². The molecule has 0 aliphatic carbocycles. The molecule has 0 aliphatic heterocycles. The van der Waals surface area contributed by atoms with Gasteiger partial charge in [0.2, 0.25) is 0 Å². The van der Waals surface area contributed by atoms with Gasteiger partial charge in [0, 0.05) is 5.69 Å². The van der Waals surface area contributed by atoms with Crippen LogP contribution in [0.1, 0.15) is 19.4 Å². The Morgan fingerprint density at radius 3 is 2.20 bits per heavy atom. The van der Waals surface area contributed by atoms with Crippen LogP contribution in [0.3, 0.4) is 0 Å². The molecular formula is C13H17F3N2O2. The third kappa shape index (κ3) is 4.73. The first-order valence-electron chi connectivity index (χ1n) is 6.09. The molecule has 0 fully saturated rings. The molecule has 0 saturated carbocycles. The molecule has 7 heteroatoms. The van der Waals surface area contributed by atoms with E-state index >= 15 is 0 Å². The van der Waals surface area contributed by atoms with Gasteiger partial charge in [0.15, 0.2) is 0 Å². The fourth-order valence-corrected chi connectivity index (χ4v) is 1.50. The third-order valence-corrected chi connectivity index (χ3v) is 2.79. The largest absolute Gasteiger partial charge is 0.416 e. The lowest BCUT2D eigenvalue weighted by atomic mass is 10.1. The summed E-state index contributed by atoms with van der Waals surface area (Å²) in [5.41, 5.74) is -0.533. The second kappa shape index (κ2) is 6.60. The van der Waals surface area contributed by atoms with E-state index in [0.717, 1.165) is 12.1 Å². The molecule has 1 atom stereocenters. The number of rotatable bonds is 4. The summed E-state index contributed by atoms with van der Waals surface area (Å²) in [5.74, 6) is 0.0401. The van der Waals surface area contributed by atoms with Crippen LogP contribution in [0, 0.1) is 5.92 Å². The van der Waals surface area contributed by atoms with Gasteiger partial charge in [-0.3, -0.25) is 0 Å². The lowest BCUT2D eigenvalue weighted by Crippen LogP contribution is -2.43. The van der Waals surface area contributed by atoms with Gasteiger partial charge in [-0.1, -0.05) is 13.8 Å². The summed E-state index contributed by atoms with van der Waals surface area (Å²) in [6, 6.07) is 3.14. The molecule has 1 aromatic carbocycles. The predicted octanol–water partition coefficient (Wildman–Crippen LogP) is 2.84. The van der Waals surface area contributed by atoms with Crippen molar-refractivity contribution in [3.8, 4) is 0 Å². The van der Waals surface area contributed by atoms with Crippen molar-refractivity contribution in [3.63, 3.8) is 0 Å². The van der Waals surface area contributed by atoms with E-state index in [4.69, 9.17) is 5.11 Å². The smallest absolute Gasteiger partial charge is 0.394 e. The summed E-state index contributed by atoms with van der Waals surface area (Å²) in [5, 5.41) is 14.0. The molecule has 112 valence electrons. The number of anilines is 1. The van der Waals surface area contributed by atoms with Gasteiger partial charge in [0.1, 0.15) is 0 Å². The van der Waals surface area contributed by atoms with Crippen LogP contribution in [0.15, 0.2) is 24.3 Å². The molecule has 4 nitrogen and oxygen atoms in total. The molecule has 3 N–H and O–H groups in total. The molecule has 1 unspecified atom stereocenters. The average Bonchev–Trinajstić information content (AvgIpc) is 2.35. The Labute approximate surface area is 115 Å². The highest BCUT2D eigenvalue weighted by atomic mass is 19.4. The first-order valence-corrected chi connectivity index (χ1v) is 6.09. The van der Waals surface area contributed by atoms with E-state index in [9.17, 15) is 18.0 Å². The molecule has 0 aromatic heterocycles. The van der Waals surface area contributed by atoms with Crippen LogP contribution < -0.4 is 10.6 Å². The van der Waals surface area contributed by atoms with Gasteiger partial charge in [-0.25, -0.2) is 4.79 Å². The van der Waals surface area contributed by atoms with Crippen molar-refractivity contribution >= 4 is 11.7 Å². The SMILES string of the molecule is CC(C)C(CO)NC(=O)Nc1ccc(C(F)(F)F)cc1. The van der Waals surface area contributed by atoms with Crippen molar-refractivity contribution in [1.29, 1.82) is 0 Å². The van der Waals surface area contributed by atoms with E-state index in [2.05, 4.69) is 10.6 Å². The zero-order valence-corrected chi connectivity index (χ0v) is 11.2. The number of alkyl halides is 3. The number of halogens is 3. The lowest BCUT2D eigenvalue weighted by molar-refractivity contribution is -0.137. The van der Waals surface area contributed by atoms with Crippen molar-refractivity contribution in [3.05, 3.63) is 29.8 Å². The van der Waals surface area contributed by atoms with E-state index in [0.29, 0.717) is 0 Å². The second-order valence-electron chi connectivity index (χ2n) is 4.71. The summed E-state index contributed by atoms with van der Waals surface area (Å²) in [7, 11) is 0. The molecular weight excluding hydrogens is 273 g/mol. The first kappa shape index (κ1) is 16.3. The van der Waals surface area contributed by atoms with Crippen molar-refractivity contribution in [2.24, 2.45) is 5.92 Å². The van der Waals surface area contributed by atoms with Crippen LogP contribution in [0.25, 0.3) is 0 Å². The number of hydrogen-bond acceptors (Lipinski definition) is 2. The monoisotopic (exact) mass is 290 g/mol. The fourth-order valence-electron chi connectivity index (χ4n) is 1.50. The van der Waals surface area contributed by atoms with E-state index in [-0.39, 0.29) is 18.2 Å². The van der Waals surface area contributed by atoms with Crippen LogP contribution in [-0.4, -0.2) is 23.8 Å². The van der Waals surface area contributed by atoms with E-state index in [1.165, 1.54) is 12.1 Å². The Kier molecular flexibility index (Phi) is 5.38. The van der Waals surface area contributed by atoms with Gasteiger partial charge in [-0.05, 0) is 30.2 Å². The molecule has 0 saturated heterocycles. The number of carbonyl (C=O) groups is 1. The molecule has 0 heterocycles. The molecule has 0 bridgehead atoms. The van der Waals surface area contributed by atoms with Crippen LogP contribution >= 0.6 is 0 Å². The van der Waals surface area contributed by atoms with Gasteiger partial charge < -0.3 is 15.7 Å². The Morgan fingerprint density at radius 1 is 1.25 bits per heavy atom. The van der Waals surface area contributed by atoms with Gasteiger partial charge in [-0.2, -0.15) is 13.2 Å². The fraction of sp³-hybridized carbons (Fsp3) is 0.462. The number of carbonyl (C=O) groups excluding carboxylic acids is 1. The quantitative estimate of drug-likeness (QED) is 0.798. The van der Waals surface area contributed by atoms with E-state index < -0.39 is 23.8 Å². The van der Waals surface area contributed by atoms with E-state index in [1.54, 1.807) is 0 Å². The molecule has 0 aliphatic rings. The minimum absolute atomic E-state index is 0.0401. The number of aliphatic hydroxyl groups is 1. The summed E-state index contributed by atoms with van der Waals surface area (Å²) in [6.45, 7) is 3.46. The highest BCUT2D eigenvalue weighted by Crippen LogP contribution is 2.29. The highest BCUT2D eigenvalue weighted by Gasteiger charge is 2.30. The number of aliphatic hydroxyl groups excluding tert-OH is 1. The number of nitrogens with one attached hydrogen (secondary N) is 2. The molecule has 1 aromatic rings. The highest BCUT2D eigenvalue weighted by molar-refractivity contribution is 5.89. The molecule has 1 rings (SSSR count). The number of hydrogen-bond donors (Lipinski definition) is 3. The van der Waals surface area contributed by atoms with Crippen molar-refractivity contribution in [2.75, 3.05) is 11.9 Å². The van der Waals surface area contributed by atoms with Gasteiger partial charge in [-0.15, -0.1) is 0 Å². The van der Waals surface area contributed by atoms with Crippen molar-refractivity contribution in [2.45, 2.75) is 26.1 Å². The topological polar surface area (TPSA) is 61.4 Å². The van der Waals surface area contributed by atoms with Crippen molar-refractivity contribution in [1.82, 2.24) is 5.32 Å². The number of amides is 2. The molecule has 0 radical (unpaired) electrons. The maximum absolute atomic E-state index is 12.4. The predicted molar refractivity (Wildman–Crippen MR) is 69.3 cm³/mol. The minimum Gasteiger partial charge on any atom is -0.394 e. The average molecular weight is 290 g/mol. The molecule has 0 spiro atoms. The summed E-state index contributed by atoms with van der Waals surface area (Å²) >= 11 is 0. The standard InChI is InChI=1S/C13H17F3N2O2/c1-8(2)11(7-19)18-12(20)17-10-5-3-9(4-6-10)13(14,15)16/h3-6,8,11,19H,7H2,1-2H3,(H2,17,18,20). The lowest BCUT2D eigenvalue weighted by Gasteiger charge is -2.20. The Bertz CT molecular complexity index is 444. The Morgan fingerprint density at radius 2 is 1.80 bits per heavy atom. The first-order chi connectivity index (χ1) is 9.24. The zero-order valence-electron chi connectivity index (χ0n) is 11.2. The third-order valence-electron chi connectivity index (χ3n) is 2.79. The number of benzene rings is 1. The van der Waals surface area contributed by atoms with Crippen LogP contribution in [0.5, 0.6) is 0 Å². The van der Waals surface area contributed by atoms with Crippen LogP contribution in [0.4, 0.5) is 23.7 Å². The van der Waals surface area contributed by atoms with Crippen LogP contribution in [-0.2, 0) is 6.18 Å². The Hall–Kier alpha value is -1.76. The van der Waals surface area contributed by atoms with E-state index in [1.807, 2.05) is 13.8 Å². The number of urea groups is 1. The summed E-state index contributed by atoms with van der Waals surface area (Å²) in [4.78, 5) is 11.6. The maximum Gasteiger partial charge on any atom is 0.416 e. The summed E-state index contributed by atoms with van der Waals surface area (Å²) in [6.07, 6.45) is -4.40. The summed E-state index contributed by atoms with van der Waals surface area (Å²) < 4.78 is 37.1. The zero-order chi connectivity index (χ0) is 15.3. The Balaban J connectivity index is 2.63. The van der Waals surface area contributed by atoms with Gasteiger partial charge in [0.25, 0.3) is 0 Å². The molecule has 2 amide bonds. The van der Waals surface area contributed by atoms with Gasteiger partial charge >= 0.3 is 12.2 Å². The van der Waals surface area contributed by atoms with Crippen LogP contribution in [0.2, 0.25) is 0 Å². The van der Waals surface area contributed by atoms with Crippen molar-refractivity contribution < 1.29 is 23.1 Å². The normalized spacial score (nSPS) is 13.2. The maximum atomic E-state index is 12.4.